The van der Waals surface area contributed by atoms with Gasteiger partial charge < -0.3 is 0 Å². The molecule has 0 aliphatic carbocycles. The van der Waals surface area contributed by atoms with Gasteiger partial charge >= 0.3 is 0 Å². The summed E-state index contributed by atoms with van der Waals surface area (Å²) in [6.07, 6.45) is 3.51. The zero-order valence-electron chi connectivity index (χ0n) is 11.6. The van der Waals surface area contributed by atoms with Crippen LogP contribution >= 0.6 is 0 Å². The molecule has 1 aromatic heterocycles. The first kappa shape index (κ1) is 12.5. The van der Waals surface area contributed by atoms with E-state index in [1.54, 1.807) is 12.4 Å². The lowest BCUT2D eigenvalue weighted by molar-refractivity contribution is 0.104. The molecule has 0 aliphatic rings. The molecule has 0 unspecified atom stereocenters. The summed E-state index contributed by atoms with van der Waals surface area (Å²) < 4.78 is 0. The van der Waals surface area contributed by atoms with Gasteiger partial charge in [0.1, 0.15) is 0 Å². The van der Waals surface area contributed by atoms with Crippen LogP contribution in [-0.2, 0) is 0 Å². The largest absolute Gasteiger partial charge is 0.289 e. The Bertz CT molecular complexity index is 780. The maximum absolute atomic E-state index is 12.7. The molecule has 1 heterocycles. The van der Waals surface area contributed by atoms with E-state index in [4.69, 9.17) is 0 Å². The molecule has 0 saturated carbocycles. The minimum absolute atomic E-state index is 0.0635. The first-order chi connectivity index (χ1) is 9.65. The Balaban J connectivity index is 2.17. The van der Waals surface area contributed by atoms with E-state index in [0.29, 0.717) is 0 Å². The number of rotatable bonds is 2. The van der Waals surface area contributed by atoms with Crippen LogP contribution in [-0.4, -0.2) is 10.8 Å². The number of hydrogen-bond donors (Lipinski definition) is 0. The predicted molar refractivity (Wildman–Crippen MR) is 81.1 cm³/mol. The van der Waals surface area contributed by atoms with Crippen molar-refractivity contribution in [3.63, 3.8) is 0 Å². The number of hydrogen-bond acceptors (Lipinski definition) is 2. The van der Waals surface area contributed by atoms with Crippen LogP contribution in [0, 0.1) is 13.8 Å². The van der Waals surface area contributed by atoms with Gasteiger partial charge in [-0.3, -0.25) is 9.78 Å². The second kappa shape index (κ2) is 4.89. The second-order valence-electron chi connectivity index (χ2n) is 5.11. The van der Waals surface area contributed by atoms with Crippen LogP contribution in [0.15, 0.2) is 54.9 Å². The average molecular weight is 261 g/mol. The smallest absolute Gasteiger partial charge is 0.193 e. The number of benzene rings is 2. The second-order valence-corrected chi connectivity index (χ2v) is 5.11. The zero-order chi connectivity index (χ0) is 14.1. The van der Waals surface area contributed by atoms with Crippen molar-refractivity contribution in [2.24, 2.45) is 0 Å². The third kappa shape index (κ3) is 2.21. The third-order valence-corrected chi connectivity index (χ3v) is 3.41. The summed E-state index contributed by atoms with van der Waals surface area (Å²) in [5.74, 6) is 0.0635. The van der Waals surface area contributed by atoms with Crippen LogP contribution in [0.4, 0.5) is 0 Å². The molecule has 0 radical (unpaired) electrons. The van der Waals surface area contributed by atoms with Gasteiger partial charge in [-0.15, -0.1) is 0 Å². The number of carbonyl (C=O) groups is 1. The minimum Gasteiger partial charge on any atom is -0.289 e. The van der Waals surface area contributed by atoms with Gasteiger partial charge in [0.15, 0.2) is 5.78 Å². The van der Waals surface area contributed by atoms with Crippen molar-refractivity contribution in [3.05, 3.63) is 77.1 Å². The molecule has 20 heavy (non-hydrogen) atoms. The summed E-state index contributed by atoms with van der Waals surface area (Å²) in [6, 6.07) is 13.6. The lowest BCUT2D eigenvalue weighted by atomic mass is 9.96. The number of nitrogens with zero attached hydrogens (tertiary/aromatic N) is 1. The van der Waals surface area contributed by atoms with Gasteiger partial charge in [0, 0.05) is 28.9 Å². The first-order valence-corrected chi connectivity index (χ1v) is 6.61. The number of fused-ring (bicyclic) bond motifs is 1. The van der Waals surface area contributed by atoms with Gasteiger partial charge in [0.05, 0.1) is 0 Å². The maximum atomic E-state index is 12.7. The maximum Gasteiger partial charge on any atom is 0.193 e. The van der Waals surface area contributed by atoms with Crippen LogP contribution in [0.25, 0.3) is 10.8 Å². The zero-order valence-corrected chi connectivity index (χ0v) is 11.6. The van der Waals surface area contributed by atoms with Gasteiger partial charge in [-0.25, -0.2) is 0 Å². The molecular weight excluding hydrogens is 246 g/mol. The quantitative estimate of drug-likeness (QED) is 0.650. The van der Waals surface area contributed by atoms with E-state index in [-0.39, 0.29) is 5.78 Å². The van der Waals surface area contributed by atoms with Gasteiger partial charge in [0.2, 0.25) is 0 Å². The van der Waals surface area contributed by atoms with Crippen molar-refractivity contribution in [3.8, 4) is 0 Å². The Hall–Kier alpha value is -2.48. The number of aromatic nitrogens is 1. The lowest BCUT2D eigenvalue weighted by Crippen LogP contribution is -2.03. The summed E-state index contributed by atoms with van der Waals surface area (Å²) in [4.78, 5) is 16.8. The molecular formula is C18H15NO. The van der Waals surface area contributed by atoms with Crippen molar-refractivity contribution in [2.75, 3.05) is 0 Å². The van der Waals surface area contributed by atoms with Crippen molar-refractivity contribution in [1.29, 1.82) is 0 Å². The molecule has 0 fully saturated rings. The number of aryl methyl sites for hydroxylation is 2. The molecule has 0 bridgehead atoms. The summed E-state index contributed by atoms with van der Waals surface area (Å²) in [6.45, 7) is 4.02. The molecule has 0 amide bonds. The number of ketones is 1. The Morgan fingerprint density at radius 3 is 2.50 bits per heavy atom. The molecule has 0 spiro atoms. The monoisotopic (exact) mass is 261 g/mol. The fraction of sp³-hybridized carbons (Fsp3) is 0.111. The molecule has 3 rings (SSSR count). The van der Waals surface area contributed by atoms with Gasteiger partial charge in [0.25, 0.3) is 0 Å². The highest BCUT2D eigenvalue weighted by molar-refractivity contribution is 6.16. The molecule has 2 heteroatoms. The van der Waals surface area contributed by atoms with E-state index in [9.17, 15) is 4.79 Å². The van der Waals surface area contributed by atoms with E-state index in [0.717, 1.165) is 33.0 Å². The standard InChI is InChI=1S/C18H15NO/c1-12-8-13(2)10-15(9-12)18(20)17-5-3-4-14-11-19-7-6-16(14)17/h3-11H,1-2H3. The van der Waals surface area contributed by atoms with E-state index in [1.165, 1.54) is 0 Å². The van der Waals surface area contributed by atoms with Crippen LogP contribution in [0.1, 0.15) is 27.0 Å². The molecule has 2 aromatic carbocycles. The SMILES string of the molecule is Cc1cc(C)cc(C(=O)c2cccc3cnccc23)c1. The fourth-order valence-corrected chi connectivity index (χ4v) is 2.58. The van der Waals surface area contributed by atoms with Crippen LogP contribution in [0.3, 0.4) is 0 Å². The van der Waals surface area contributed by atoms with Gasteiger partial charge in [-0.1, -0.05) is 35.4 Å². The topological polar surface area (TPSA) is 30.0 Å². The summed E-state index contributed by atoms with van der Waals surface area (Å²) >= 11 is 0. The Labute approximate surface area is 118 Å². The first-order valence-electron chi connectivity index (χ1n) is 6.61. The summed E-state index contributed by atoms with van der Waals surface area (Å²) in [5.41, 5.74) is 3.69. The summed E-state index contributed by atoms with van der Waals surface area (Å²) in [5, 5.41) is 1.94. The van der Waals surface area contributed by atoms with Crippen LogP contribution in [0.2, 0.25) is 0 Å². The molecule has 2 nitrogen and oxygen atoms in total. The molecule has 0 atom stereocenters. The fourth-order valence-electron chi connectivity index (χ4n) is 2.58. The third-order valence-electron chi connectivity index (χ3n) is 3.41. The van der Waals surface area contributed by atoms with E-state index >= 15 is 0 Å². The van der Waals surface area contributed by atoms with Crippen molar-refractivity contribution >= 4 is 16.6 Å². The van der Waals surface area contributed by atoms with Gasteiger partial charge in [-0.05, 0) is 37.4 Å². The normalized spacial score (nSPS) is 10.7. The molecule has 0 aliphatic heterocycles. The highest BCUT2D eigenvalue weighted by atomic mass is 16.1. The van der Waals surface area contributed by atoms with Crippen molar-refractivity contribution in [2.45, 2.75) is 13.8 Å². The minimum atomic E-state index is 0.0635. The number of carbonyl (C=O) groups excluding carboxylic acids is 1. The Morgan fingerprint density at radius 2 is 1.75 bits per heavy atom. The molecule has 0 saturated heterocycles. The highest BCUT2D eigenvalue weighted by Crippen LogP contribution is 2.21. The van der Waals surface area contributed by atoms with E-state index in [1.807, 2.05) is 50.2 Å². The molecule has 0 N–H and O–H groups in total. The lowest BCUT2D eigenvalue weighted by Gasteiger charge is -2.07. The molecule has 98 valence electrons. The number of pyridine rings is 1. The Morgan fingerprint density at radius 1 is 1.00 bits per heavy atom. The van der Waals surface area contributed by atoms with Crippen molar-refractivity contribution in [1.82, 2.24) is 4.98 Å². The van der Waals surface area contributed by atoms with Gasteiger partial charge in [-0.2, -0.15) is 0 Å². The highest BCUT2D eigenvalue weighted by Gasteiger charge is 2.12. The van der Waals surface area contributed by atoms with Crippen molar-refractivity contribution < 1.29 is 4.79 Å². The average Bonchev–Trinajstić information content (AvgIpc) is 2.45. The van der Waals surface area contributed by atoms with Crippen LogP contribution in [0.5, 0.6) is 0 Å². The summed E-state index contributed by atoms with van der Waals surface area (Å²) in [7, 11) is 0. The Kier molecular flexibility index (Phi) is 3.07. The molecule has 3 aromatic rings. The van der Waals surface area contributed by atoms with E-state index < -0.39 is 0 Å². The van der Waals surface area contributed by atoms with E-state index in [2.05, 4.69) is 11.1 Å². The van der Waals surface area contributed by atoms with Crippen LogP contribution < -0.4 is 0 Å². The predicted octanol–water partition coefficient (Wildman–Crippen LogP) is 4.08.